The van der Waals surface area contributed by atoms with E-state index in [1.54, 1.807) is 0 Å². The molecule has 2 aromatic rings. The standard InChI is InChI=1S/C22H24N4O2/c23-12-7-13-24-21(27)20(14-16-8-3-1-4-9-16)26-22(28)25-19-15-18(19)17-10-5-2-6-11-17/h1-6,8-11,18-20H,7,13-15H2,(H,24,27)(H2,25,26,28). The SMILES string of the molecule is N#CCCNC(=O)C(Cc1ccccc1)NC(=O)NC1CC1c1ccccc1. The van der Waals surface area contributed by atoms with E-state index in [4.69, 9.17) is 5.26 Å². The Kier molecular flexibility index (Phi) is 6.64. The number of nitrogens with one attached hydrogen (secondary N) is 3. The molecule has 3 atom stereocenters. The average molecular weight is 376 g/mol. The summed E-state index contributed by atoms with van der Waals surface area (Å²) in [5, 5.41) is 17.1. The van der Waals surface area contributed by atoms with E-state index in [2.05, 4.69) is 28.1 Å². The van der Waals surface area contributed by atoms with Crippen molar-refractivity contribution in [1.29, 1.82) is 5.26 Å². The van der Waals surface area contributed by atoms with Gasteiger partial charge in [-0.2, -0.15) is 5.26 Å². The molecule has 0 heterocycles. The molecule has 0 bridgehead atoms. The number of amides is 3. The zero-order valence-corrected chi connectivity index (χ0v) is 15.6. The average Bonchev–Trinajstić information content (AvgIpc) is 3.48. The minimum Gasteiger partial charge on any atom is -0.353 e. The number of hydrogen-bond donors (Lipinski definition) is 3. The molecule has 0 spiro atoms. The van der Waals surface area contributed by atoms with Gasteiger partial charge in [0.15, 0.2) is 0 Å². The summed E-state index contributed by atoms with van der Waals surface area (Å²) in [4.78, 5) is 24.9. The maximum Gasteiger partial charge on any atom is 0.315 e. The lowest BCUT2D eigenvalue weighted by Crippen LogP contribution is -2.51. The first-order valence-corrected chi connectivity index (χ1v) is 9.48. The molecule has 144 valence electrons. The van der Waals surface area contributed by atoms with Gasteiger partial charge in [-0.25, -0.2) is 4.79 Å². The zero-order chi connectivity index (χ0) is 19.8. The molecule has 3 amide bonds. The normalized spacial score (nSPS) is 18.4. The van der Waals surface area contributed by atoms with Crippen LogP contribution in [0.1, 0.15) is 29.9 Å². The Balaban J connectivity index is 1.56. The molecule has 6 nitrogen and oxygen atoms in total. The topological polar surface area (TPSA) is 94.0 Å². The second-order valence-electron chi connectivity index (χ2n) is 6.92. The van der Waals surface area contributed by atoms with Crippen LogP contribution in [0.4, 0.5) is 4.79 Å². The van der Waals surface area contributed by atoms with Crippen molar-refractivity contribution in [2.24, 2.45) is 0 Å². The third-order valence-electron chi connectivity index (χ3n) is 4.78. The van der Waals surface area contributed by atoms with Crippen molar-refractivity contribution < 1.29 is 9.59 Å². The van der Waals surface area contributed by atoms with Crippen molar-refractivity contribution in [2.75, 3.05) is 6.54 Å². The highest BCUT2D eigenvalue weighted by atomic mass is 16.2. The van der Waals surface area contributed by atoms with Crippen LogP contribution in [0, 0.1) is 11.3 Å². The molecule has 0 aliphatic heterocycles. The van der Waals surface area contributed by atoms with Gasteiger partial charge < -0.3 is 16.0 Å². The monoisotopic (exact) mass is 376 g/mol. The van der Waals surface area contributed by atoms with E-state index in [-0.39, 0.29) is 30.9 Å². The van der Waals surface area contributed by atoms with Crippen LogP contribution in [0.5, 0.6) is 0 Å². The maximum atomic E-state index is 12.5. The third kappa shape index (κ3) is 5.58. The Labute approximate surface area is 164 Å². The Morgan fingerprint density at radius 3 is 2.43 bits per heavy atom. The van der Waals surface area contributed by atoms with E-state index in [1.807, 2.05) is 54.6 Å². The largest absolute Gasteiger partial charge is 0.353 e. The number of carbonyl (C=O) groups excluding carboxylic acids is 2. The fraction of sp³-hybridized carbons (Fsp3) is 0.318. The quantitative estimate of drug-likeness (QED) is 0.618. The summed E-state index contributed by atoms with van der Waals surface area (Å²) in [6.45, 7) is 0.266. The number of rotatable bonds is 8. The highest BCUT2D eigenvalue weighted by Crippen LogP contribution is 2.40. The number of nitrogens with zero attached hydrogens (tertiary/aromatic N) is 1. The van der Waals surface area contributed by atoms with Gasteiger partial charge in [-0.1, -0.05) is 60.7 Å². The lowest BCUT2D eigenvalue weighted by molar-refractivity contribution is -0.122. The first-order valence-electron chi connectivity index (χ1n) is 9.48. The van der Waals surface area contributed by atoms with Crippen molar-refractivity contribution in [3.63, 3.8) is 0 Å². The van der Waals surface area contributed by atoms with E-state index in [9.17, 15) is 9.59 Å². The highest BCUT2D eigenvalue weighted by Gasteiger charge is 2.39. The van der Waals surface area contributed by atoms with Crippen LogP contribution >= 0.6 is 0 Å². The third-order valence-corrected chi connectivity index (χ3v) is 4.78. The van der Waals surface area contributed by atoms with Gasteiger partial charge in [0.1, 0.15) is 6.04 Å². The van der Waals surface area contributed by atoms with Crippen LogP contribution in [-0.2, 0) is 11.2 Å². The molecule has 1 aliphatic carbocycles. The van der Waals surface area contributed by atoms with Crippen LogP contribution in [0.25, 0.3) is 0 Å². The second-order valence-corrected chi connectivity index (χ2v) is 6.92. The van der Waals surface area contributed by atoms with Crippen LogP contribution in [0.2, 0.25) is 0 Å². The van der Waals surface area contributed by atoms with Crippen LogP contribution in [0.3, 0.4) is 0 Å². The summed E-state index contributed by atoms with van der Waals surface area (Å²) in [5.41, 5.74) is 2.17. The van der Waals surface area contributed by atoms with Gasteiger partial charge in [0.2, 0.25) is 5.91 Å². The maximum absolute atomic E-state index is 12.5. The molecule has 1 fully saturated rings. The lowest BCUT2D eigenvalue weighted by atomic mass is 10.1. The smallest absolute Gasteiger partial charge is 0.315 e. The van der Waals surface area contributed by atoms with Crippen LogP contribution in [0.15, 0.2) is 60.7 Å². The van der Waals surface area contributed by atoms with E-state index >= 15 is 0 Å². The van der Waals surface area contributed by atoms with E-state index in [0.29, 0.717) is 12.3 Å². The van der Waals surface area contributed by atoms with Crippen molar-refractivity contribution in [3.05, 3.63) is 71.8 Å². The van der Waals surface area contributed by atoms with Crippen LogP contribution < -0.4 is 16.0 Å². The second kappa shape index (κ2) is 9.56. The molecule has 0 radical (unpaired) electrons. The molecule has 3 rings (SSSR count). The molecule has 3 N–H and O–H groups in total. The lowest BCUT2D eigenvalue weighted by Gasteiger charge is -2.19. The fourth-order valence-corrected chi connectivity index (χ4v) is 3.22. The van der Waals surface area contributed by atoms with Gasteiger partial charge in [0.25, 0.3) is 0 Å². The van der Waals surface area contributed by atoms with Crippen molar-refractivity contribution in [2.45, 2.75) is 37.3 Å². The minimum atomic E-state index is -0.699. The molecule has 6 heteroatoms. The van der Waals surface area contributed by atoms with Gasteiger partial charge in [-0.3, -0.25) is 4.79 Å². The predicted molar refractivity (Wildman–Crippen MR) is 106 cm³/mol. The van der Waals surface area contributed by atoms with Gasteiger partial charge in [-0.05, 0) is 17.5 Å². The molecule has 3 unspecified atom stereocenters. The number of benzene rings is 2. The van der Waals surface area contributed by atoms with Crippen molar-refractivity contribution >= 4 is 11.9 Å². The van der Waals surface area contributed by atoms with Crippen molar-refractivity contribution in [3.8, 4) is 6.07 Å². The van der Waals surface area contributed by atoms with Gasteiger partial charge in [0.05, 0.1) is 12.5 Å². The Bertz CT molecular complexity index is 833. The first kappa shape index (κ1) is 19.4. The van der Waals surface area contributed by atoms with E-state index < -0.39 is 6.04 Å². The number of urea groups is 1. The number of hydrogen-bond acceptors (Lipinski definition) is 3. The Hall–Kier alpha value is -3.33. The van der Waals surface area contributed by atoms with Gasteiger partial charge >= 0.3 is 6.03 Å². The molecular formula is C22H24N4O2. The van der Waals surface area contributed by atoms with Gasteiger partial charge in [-0.15, -0.1) is 0 Å². The minimum absolute atomic E-state index is 0.0847. The Morgan fingerprint density at radius 2 is 1.75 bits per heavy atom. The summed E-state index contributed by atoms with van der Waals surface area (Å²) in [5.74, 6) is 0.0358. The Morgan fingerprint density at radius 1 is 1.07 bits per heavy atom. The molecule has 2 aromatic carbocycles. The highest BCUT2D eigenvalue weighted by molar-refractivity contribution is 5.87. The van der Waals surface area contributed by atoms with Crippen molar-refractivity contribution in [1.82, 2.24) is 16.0 Å². The molecule has 1 saturated carbocycles. The summed E-state index contributed by atoms with van der Waals surface area (Å²) < 4.78 is 0. The van der Waals surface area contributed by atoms with Gasteiger partial charge in [0, 0.05) is 24.9 Å². The number of carbonyl (C=O) groups is 2. The zero-order valence-electron chi connectivity index (χ0n) is 15.6. The molecule has 28 heavy (non-hydrogen) atoms. The van der Waals surface area contributed by atoms with E-state index in [1.165, 1.54) is 5.56 Å². The van der Waals surface area contributed by atoms with Crippen LogP contribution in [-0.4, -0.2) is 30.6 Å². The van der Waals surface area contributed by atoms with E-state index in [0.717, 1.165) is 12.0 Å². The first-order chi connectivity index (χ1) is 13.7. The molecular weight excluding hydrogens is 352 g/mol. The molecule has 0 aromatic heterocycles. The molecule has 0 saturated heterocycles. The fourth-order valence-electron chi connectivity index (χ4n) is 3.22. The summed E-state index contributed by atoms with van der Waals surface area (Å²) in [6, 6.07) is 20.6. The predicted octanol–water partition coefficient (Wildman–Crippen LogP) is 2.48. The summed E-state index contributed by atoms with van der Waals surface area (Å²) >= 11 is 0. The summed E-state index contributed by atoms with van der Waals surface area (Å²) in [7, 11) is 0. The number of nitriles is 1. The molecule has 1 aliphatic rings. The summed E-state index contributed by atoms with van der Waals surface area (Å²) in [6.07, 6.45) is 1.52.